The first-order valence-corrected chi connectivity index (χ1v) is 7.17. The Labute approximate surface area is 112 Å². The van der Waals surface area contributed by atoms with Crippen LogP contribution in [0.15, 0.2) is 29.2 Å². The second kappa shape index (κ2) is 6.24. The van der Waals surface area contributed by atoms with Gasteiger partial charge in [0.1, 0.15) is 4.99 Å². The fourth-order valence-corrected chi connectivity index (χ4v) is 2.83. The summed E-state index contributed by atoms with van der Waals surface area (Å²) in [7, 11) is -2.07. The highest BCUT2D eigenvalue weighted by Crippen LogP contribution is 2.12. The number of nitrogens with two attached hydrogens (primary N) is 1. The summed E-state index contributed by atoms with van der Waals surface area (Å²) in [6, 6.07) is 5.89. The molecular formula is C11H16N2O3S2. The standard InChI is InChI=1S/C11H16N2O3S2/c1-8(7-16-2)13-18(14,15)10-5-3-4-9(6-10)11(12)17/h3-6,8,13H,7H2,1-2H3,(H2,12,17). The number of sulfonamides is 1. The fourth-order valence-electron chi connectivity index (χ4n) is 1.43. The van der Waals surface area contributed by atoms with Gasteiger partial charge in [0.2, 0.25) is 10.0 Å². The van der Waals surface area contributed by atoms with Gasteiger partial charge in [-0.05, 0) is 19.1 Å². The van der Waals surface area contributed by atoms with E-state index < -0.39 is 10.0 Å². The van der Waals surface area contributed by atoms with E-state index in [4.69, 9.17) is 22.7 Å². The predicted octanol–water partition coefficient (Wildman–Crippen LogP) is 0.634. The van der Waals surface area contributed by atoms with Crippen molar-refractivity contribution in [3.8, 4) is 0 Å². The number of thiocarbonyl (C=S) groups is 1. The first-order chi connectivity index (χ1) is 8.36. The van der Waals surface area contributed by atoms with E-state index in [1.54, 1.807) is 19.1 Å². The summed E-state index contributed by atoms with van der Waals surface area (Å²) < 4.78 is 31.5. The van der Waals surface area contributed by atoms with Crippen molar-refractivity contribution in [3.05, 3.63) is 29.8 Å². The normalized spacial score (nSPS) is 13.2. The highest BCUT2D eigenvalue weighted by molar-refractivity contribution is 7.89. The lowest BCUT2D eigenvalue weighted by atomic mass is 10.2. The quantitative estimate of drug-likeness (QED) is 0.751. The second-order valence-corrected chi connectivity index (χ2v) is 6.02. The zero-order valence-electron chi connectivity index (χ0n) is 10.2. The van der Waals surface area contributed by atoms with E-state index in [-0.39, 0.29) is 15.9 Å². The van der Waals surface area contributed by atoms with Crippen molar-refractivity contribution in [1.82, 2.24) is 4.72 Å². The fraction of sp³-hybridized carbons (Fsp3) is 0.364. The van der Waals surface area contributed by atoms with E-state index in [2.05, 4.69) is 4.72 Å². The van der Waals surface area contributed by atoms with Gasteiger partial charge >= 0.3 is 0 Å². The van der Waals surface area contributed by atoms with Crippen LogP contribution in [0.2, 0.25) is 0 Å². The van der Waals surface area contributed by atoms with Crippen molar-refractivity contribution < 1.29 is 13.2 Å². The van der Waals surface area contributed by atoms with Gasteiger partial charge in [-0.2, -0.15) is 0 Å². The van der Waals surface area contributed by atoms with E-state index >= 15 is 0 Å². The Morgan fingerprint density at radius 1 is 1.56 bits per heavy atom. The number of methoxy groups -OCH3 is 1. The minimum absolute atomic E-state index is 0.135. The van der Waals surface area contributed by atoms with E-state index in [0.717, 1.165) is 0 Å². The van der Waals surface area contributed by atoms with Crippen molar-refractivity contribution in [2.75, 3.05) is 13.7 Å². The maximum absolute atomic E-state index is 12.0. The first-order valence-electron chi connectivity index (χ1n) is 5.28. The van der Waals surface area contributed by atoms with Crippen LogP contribution in [0, 0.1) is 0 Å². The molecule has 0 heterocycles. The Balaban J connectivity index is 2.98. The van der Waals surface area contributed by atoms with E-state index in [0.29, 0.717) is 12.2 Å². The van der Waals surface area contributed by atoms with Gasteiger partial charge < -0.3 is 10.5 Å². The van der Waals surface area contributed by atoms with E-state index in [1.807, 2.05) is 0 Å². The number of rotatable bonds is 6. The molecule has 1 rings (SSSR count). The molecule has 0 spiro atoms. The van der Waals surface area contributed by atoms with Crippen LogP contribution in [0.5, 0.6) is 0 Å². The molecule has 0 bridgehead atoms. The predicted molar refractivity (Wildman–Crippen MR) is 74.0 cm³/mol. The molecule has 0 saturated heterocycles. The lowest BCUT2D eigenvalue weighted by molar-refractivity contribution is 0.180. The topological polar surface area (TPSA) is 81.4 Å². The van der Waals surface area contributed by atoms with Gasteiger partial charge in [-0.25, -0.2) is 13.1 Å². The van der Waals surface area contributed by atoms with Gasteiger partial charge in [0, 0.05) is 18.7 Å². The second-order valence-electron chi connectivity index (χ2n) is 3.87. The number of ether oxygens (including phenoxy) is 1. The molecule has 5 nitrogen and oxygen atoms in total. The Morgan fingerprint density at radius 3 is 2.78 bits per heavy atom. The molecule has 3 N–H and O–H groups in total. The number of benzene rings is 1. The Morgan fingerprint density at radius 2 is 2.22 bits per heavy atom. The largest absolute Gasteiger partial charge is 0.389 e. The van der Waals surface area contributed by atoms with Crippen molar-refractivity contribution in [2.24, 2.45) is 5.73 Å². The molecule has 1 unspecified atom stereocenters. The molecule has 0 aliphatic rings. The minimum Gasteiger partial charge on any atom is -0.389 e. The average molecular weight is 288 g/mol. The Kier molecular flexibility index (Phi) is 5.21. The van der Waals surface area contributed by atoms with Crippen molar-refractivity contribution in [2.45, 2.75) is 17.9 Å². The molecule has 0 saturated carbocycles. The molecule has 0 radical (unpaired) electrons. The van der Waals surface area contributed by atoms with Crippen LogP contribution < -0.4 is 10.5 Å². The van der Waals surface area contributed by atoms with E-state index in [1.165, 1.54) is 19.2 Å². The molecule has 0 amide bonds. The summed E-state index contributed by atoms with van der Waals surface area (Å²) in [4.78, 5) is 0.299. The van der Waals surface area contributed by atoms with Crippen LogP contribution in [0.3, 0.4) is 0 Å². The van der Waals surface area contributed by atoms with Crippen molar-refractivity contribution in [3.63, 3.8) is 0 Å². The van der Waals surface area contributed by atoms with Gasteiger partial charge in [-0.1, -0.05) is 24.4 Å². The van der Waals surface area contributed by atoms with Gasteiger partial charge in [0.15, 0.2) is 0 Å². The van der Waals surface area contributed by atoms with Gasteiger partial charge in [-0.15, -0.1) is 0 Å². The van der Waals surface area contributed by atoms with Crippen LogP contribution in [0.25, 0.3) is 0 Å². The molecule has 0 aliphatic heterocycles. The number of hydrogen-bond donors (Lipinski definition) is 2. The van der Waals surface area contributed by atoms with Crippen LogP contribution in [-0.4, -0.2) is 33.2 Å². The summed E-state index contributed by atoms with van der Waals surface area (Å²) in [6.07, 6.45) is 0. The smallest absolute Gasteiger partial charge is 0.240 e. The molecule has 0 aliphatic carbocycles. The third kappa shape index (κ3) is 4.02. The van der Waals surface area contributed by atoms with Crippen LogP contribution >= 0.6 is 12.2 Å². The van der Waals surface area contributed by atoms with Crippen molar-refractivity contribution >= 4 is 27.2 Å². The molecular weight excluding hydrogens is 272 g/mol. The van der Waals surface area contributed by atoms with E-state index in [9.17, 15) is 8.42 Å². The van der Waals surface area contributed by atoms with Gasteiger partial charge in [0.25, 0.3) is 0 Å². The van der Waals surface area contributed by atoms with Crippen LogP contribution in [-0.2, 0) is 14.8 Å². The summed E-state index contributed by atoms with van der Waals surface area (Å²) in [5.74, 6) is 0. The molecule has 1 atom stereocenters. The average Bonchev–Trinajstić information content (AvgIpc) is 2.28. The zero-order chi connectivity index (χ0) is 13.8. The minimum atomic E-state index is -3.58. The SMILES string of the molecule is COCC(C)NS(=O)(=O)c1cccc(C(N)=S)c1. The third-order valence-corrected chi connectivity index (χ3v) is 4.02. The summed E-state index contributed by atoms with van der Waals surface area (Å²) >= 11 is 4.82. The molecule has 18 heavy (non-hydrogen) atoms. The lowest BCUT2D eigenvalue weighted by Gasteiger charge is -2.13. The highest BCUT2D eigenvalue weighted by atomic mass is 32.2. The molecule has 0 fully saturated rings. The van der Waals surface area contributed by atoms with Gasteiger partial charge in [-0.3, -0.25) is 0 Å². The maximum atomic E-state index is 12.0. The zero-order valence-corrected chi connectivity index (χ0v) is 11.8. The number of nitrogens with one attached hydrogen (secondary N) is 1. The summed E-state index contributed by atoms with van der Waals surface area (Å²) in [6.45, 7) is 2.02. The highest BCUT2D eigenvalue weighted by Gasteiger charge is 2.17. The number of hydrogen-bond acceptors (Lipinski definition) is 4. The third-order valence-electron chi connectivity index (χ3n) is 2.20. The lowest BCUT2D eigenvalue weighted by Crippen LogP contribution is -2.35. The molecule has 1 aromatic carbocycles. The molecule has 7 heteroatoms. The Bertz CT molecular complexity index is 529. The maximum Gasteiger partial charge on any atom is 0.240 e. The van der Waals surface area contributed by atoms with Gasteiger partial charge in [0.05, 0.1) is 11.5 Å². The summed E-state index contributed by atoms with van der Waals surface area (Å²) in [5, 5.41) is 0. The molecule has 100 valence electrons. The first kappa shape index (κ1) is 15.0. The Hall–Kier alpha value is -1.02. The van der Waals surface area contributed by atoms with Crippen molar-refractivity contribution in [1.29, 1.82) is 0 Å². The molecule has 1 aromatic rings. The monoisotopic (exact) mass is 288 g/mol. The van der Waals surface area contributed by atoms with Crippen LogP contribution in [0.4, 0.5) is 0 Å². The van der Waals surface area contributed by atoms with Crippen LogP contribution in [0.1, 0.15) is 12.5 Å². The molecule has 0 aromatic heterocycles. The summed E-state index contributed by atoms with van der Waals surface area (Å²) in [5.41, 5.74) is 5.99.